The molecule has 4 heterocycles. The number of nitrogens with zero attached hydrogens (tertiary/aromatic N) is 6. The van der Waals surface area contributed by atoms with Gasteiger partial charge in [0.15, 0.2) is 24.9 Å². The molecule has 1 N–H and O–H groups in total. The minimum Gasteiger partial charge on any atom is -0.465 e. The summed E-state index contributed by atoms with van der Waals surface area (Å²) in [6, 6.07) is 2.88. The first-order valence-electron chi connectivity index (χ1n) is 15.2. The fourth-order valence-electron chi connectivity index (χ4n) is 5.21. The lowest BCUT2D eigenvalue weighted by Gasteiger charge is -2.39. The highest BCUT2D eigenvalue weighted by molar-refractivity contribution is 6.74. The van der Waals surface area contributed by atoms with Gasteiger partial charge in [0.05, 0.1) is 16.8 Å². The summed E-state index contributed by atoms with van der Waals surface area (Å²) in [5, 5.41) is 9.55. The number of pyridine rings is 2. The highest BCUT2D eigenvalue weighted by Gasteiger charge is 2.37. The van der Waals surface area contributed by atoms with E-state index in [1.165, 1.54) is 15.5 Å². The van der Waals surface area contributed by atoms with Crippen molar-refractivity contribution in [3.8, 4) is 5.69 Å². The van der Waals surface area contributed by atoms with E-state index in [9.17, 15) is 19.1 Å². The fourth-order valence-corrected chi connectivity index (χ4v) is 6.43. The van der Waals surface area contributed by atoms with Crippen LogP contribution in [0.1, 0.15) is 71.6 Å². The number of amides is 1. The van der Waals surface area contributed by atoms with Crippen molar-refractivity contribution >= 4 is 42.9 Å². The Morgan fingerprint density at radius 3 is 2.52 bits per heavy atom. The molecule has 0 radical (unpaired) electrons. The standard InChI is InChI=1S/C31H44ClFN6O4Si/c1-19(2)25-24(15-21(17-34-25)11-9-10-14-43-44(7,8)31(4,5)6)39-28-22(16-23(33)26(32)35-28)27(36-29(39)40)38-13-12-37(30(41)42)18-20(38)3/h15-17,19-20H,9-14,18H2,1-8H3,(H,41,42). The summed E-state index contributed by atoms with van der Waals surface area (Å²) in [4.78, 5) is 42.0. The lowest BCUT2D eigenvalue weighted by molar-refractivity contribution is 0.136. The quantitative estimate of drug-likeness (QED) is 0.157. The smallest absolute Gasteiger partial charge is 0.407 e. The molecule has 0 spiro atoms. The molecule has 13 heteroatoms. The summed E-state index contributed by atoms with van der Waals surface area (Å²) < 4.78 is 22.6. The molecule has 0 aromatic carbocycles. The summed E-state index contributed by atoms with van der Waals surface area (Å²) in [6.45, 7) is 18.4. The third-order valence-electron chi connectivity index (χ3n) is 8.80. The average molecular weight is 647 g/mol. The van der Waals surface area contributed by atoms with E-state index in [-0.39, 0.29) is 53.3 Å². The predicted octanol–water partition coefficient (Wildman–Crippen LogP) is 6.62. The van der Waals surface area contributed by atoms with Gasteiger partial charge in [0.25, 0.3) is 0 Å². The van der Waals surface area contributed by atoms with E-state index in [2.05, 4.69) is 43.8 Å². The number of rotatable bonds is 9. The van der Waals surface area contributed by atoms with Gasteiger partial charge in [-0.3, -0.25) is 4.98 Å². The van der Waals surface area contributed by atoms with E-state index in [4.69, 9.17) is 21.0 Å². The zero-order chi connectivity index (χ0) is 32.6. The van der Waals surface area contributed by atoms with Crippen molar-refractivity contribution in [3.63, 3.8) is 0 Å². The van der Waals surface area contributed by atoms with Gasteiger partial charge in [-0.15, -0.1) is 0 Å². The van der Waals surface area contributed by atoms with Crippen LogP contribution in [-0.4, -0.2) is 76.2 Å². The van der Waals surface area contributed by atoms with Gasteiger partial charge in [-0.05, 0) is 67.9 Å². The van der Waals surface area contributed by atoms with Gasteiger partial charge in [0.2, 0.25) is 0 Å². The Bertz CT molecular complexity index is 1590. The molecule has 10 nitrogen and oxygen atoms in total. The third kappa shape index (κ3) is 7.07. The molecule has 240 valence electrons. The number of carboxylic acid groups (broad SMARTS) is 1. The largest absolute Gasteiger partial charge is 0.465 e. The molecule has 1 atom stereocenters. The van der Waals surface area contributed by atoms with Crippen molar-refractivity contribution in [2.75, 3.05) is 31.1 Å². The maximum atomic E-state index is 14.9. The van der Waals surface area contributed by atoms with Crippen molar-refractivity contribution in [1.29, 1.82) is 0 Å². The first-order chi connectivity index (χ1) is 20.5. The van der Waals surface area contributed by atoms with E-state index < -0.39 is 25.9 Å². The normalized spacial score (nSPS) is 16.3. The molecular formula is C31H44ClFN6O4Si. The van der Waals surface area contributed by atoms with Crippen molar-refractivity contribution in [2.24, 2.45) is 0 Å². The van der Waals surface area contributed by atoms with Gasteiger partial charge in [-0.2, -0.15) is 4.98 Å². The highest BCUT2D eigenvalue weighted by Crippen LogP contribution is 2.37. The Balaban J connectivity index is 1.72. The van der Waals surface area contributed by atoms with E-state index in [0.717, 1.165) is 24.8 Å². The lowest BCUT2D eigenvalue weighted by Crippen LogP contribution is -2.54. The zero-order valence-corrected chi connectivity index (χ0v) is 28.7. The third-order valence-corrected chi connectivity index (χ3v) is 13.6. The van der Waals surface area contributed by atoms with E-state index in [0.29, 0.717) is 23.4 Å². The second-order valence-electron chi connectivity index (χ2n) is 13.4. The number of hydrogen-bond acceptors (Lipinski definition) is 7. The number of hydrogen-bond donors (Lipinski definition) is 1. The molecule has 1 saturated heterocycles. The monoisotopic (exact) mass is 646 g/mol. The number of carbonyl (C=O) groups is 1. The Kier molecular flexibility index (Phi) is 10.1. The van der Waals surface area contributed by atoms with Crippen LogP contribution < -0.4 is 10.6 Å². The Morgan fingerprint density at radius 1 is 1.20 bits per heavy atom. The summed E-state index contributed by atoms with van der Waals surface area (Å²) in [5.74, 6) is -0.516. The lowest BCUT2D eigenvalue weighted by atomic mass is 10.0. The van der Waals surface area contributed by atoms with E-state index in [1.54, 1.807) is 0 Å². The van der Waals surface area contributed by atoms with Crippen molar-refractivity contribution in [2.45, 2.75) is 90.9 Å². The molecule has 0 bridgehead atoms. The Hall–Kier alpha value is -3.09. The maximum Gasteiger partial charge on any atom is 0.407 e. The molecule has 1 unspecified atom stereocenters. The van der Waals surface area contributed by atoms with Gasteiger partial charge < -0.3 is 19.3 Å². The molecular weight excluding hydrogens is 603 g/mol. The van der Waals surface area contributed by atoms with Crippen LogP contribution in [0.3, 0.4) is 0 Å². The molecule has 44 heavy (non-hydrogen) atoms. The molecule has 0 aliphatic carbocycles. The van der Waals surface area contributed by atoms with Gasteiger partial charge in [0.1, 0.15) is 5.82 Å². The summed E-state index contributed by atoms with van der Waals surface area (Å²) in [5.41, 5.74) is 1.73. The zero-order valence-electron chi connectivity index (χ0n) is 26.9. The maximum absolute atomic E-state index is 14.9. The first-order valence-corrected chi connectivity index (χ1v) is 18.5. The highest BCUT2D eigenvalue weighted by atomic mass is 35.5. The Labute approximate surface area is 264 Å². The SMILES string of the molecule is CC(C)c1ncc(CCCCO[Si](C)(C)C(C)(C)C)cc1-n1c(=O)nc(N2CCN(C(=O)O)CC2C)c2cc(F)c(Cl)nc21. The summed E-state index contributed by atoms with van der Waals surface area (Å²) in [7, 11) is -1.81. The second-order valence-corrected chi connectivity index (χ2v) is 18.6. The van der Waals surface area contributed by atoms with Gasteiger partial charge in [-0.1, -0.05) is 46.2 Å². The van der Waals surface area contributed by atoms with Gasteiger partial charge >= 0.3 is 11.8 Å². The van der Waals surface area contributed by atoms with Crippen LogP contribution in [0.4, 0.5) is 15.0 Å². The summed E-state index contributed by atoms with van der Waals surface area (Å²) >= 11 is 6.18. The number of anilines is 1. The van der Waals surface area contributed by atoms with Crippen molar-refractivity contribution in [1.82, 2.24) is 24.4 Å². The minimum atomic E-state index is -1.81. The topological polar surface area (TPSA) is 114 Å². The number of unbranched alkanes of at least 4 members (excludes halogenated alkanes) is 1. The molecule has 0 saturated carbocycles. The van der Waals surface area contributed by atoms with Crippen molar-refractivity contribution < 1.29 is 18.7 Å². The van der Waals surface area contributed by atoms with Crippen LogP contribution in [0, 0.1) is 5.82 Å². The molecule has 3 aromatic heterocycles. The Morgan fingerprint density at radius 2 is 1.91 bits per heavy atom. The number of aryl methyl sites for hydroxylation is 1. The van der Waals surface area contributed by atoms with Crippen LogP contribution in [-0.2, 0) is 10.8 Å². The van der Waals surface area contributed by atoms with Crippen LogP contribution in [0.2, 0.25) is 23.3 Å². The number of piperazine rings is 1. The fraction of sp³-hybridized carbons (Fsp3) is 0.581. The van der Waals surface area contributed by atoms with Gasteiger partial charge in [0, 0.05) is 38.5 Å². The number of halogens is 2. The molecule has 1 aliphatic rings. The van der Waals surface area contributed by atoms with Crippen LogP contribution in [0.5, 0.6) is 0 Å². The minimum absolute atomic E-state index is 0.0290. The van der Waals surface area contributed by atoms with Crippen LogP contribution in [0.25, 0.3) is 16.7 Å². The molecule has 1 fully saturated rings. The molecule has 4 rings (SSSR count). The van der Waals surface area contributed by atoms with Crippen LogP contribution in [0.15, 0.2) is 23.1 Å². The van der Waals surface area contributed by atoms with E-state index >= 15 is 0 Å². The van der Waals surface area contributed by atoms with Gasteiger partial charge in [-0.25, -0.2) is 23.5 Å². The molecule has 3 aromatic rings. The predicted molar refractivity (Wildman–Crippen MR) is 174 cm³/mol. The first kappa shape index (κ1) is 33.8. The van der Waals surface area contributed by atoms with Crippen molar-refractivity contribution in [3.05, 3.63) is 51.0 Å². The molecule has 1 aliphatic heterocycles. The van der Waals surface area contributed by atoms with E-state index in [1.807, 2.05) is 37.9 Å². The van der Waals surface area contributed by atoms with Crippen LogP contribution >= 0.6 is 11.6 Å². The summed E-state index contributed by atoms with van der Waals surface area (Å²) in [6.07, 6.45) is 3.36. The number of aromatic nitrogens is 4. The second kappa shape index (κ2) is 13.1. The molecule has 1 amide bonds. The average Bonchev–Trinajstić information content (AvgIpc) is 2.92. The number of fused-ring (bicyclic) bond motifs is 1.